The zero-order valence-electron chi connectivity index (χ0n) is 12.5. The van der Waals surface area contributed by atoms with Crippen molar-refractivity contribution in [2.24, 2.45) is 0 Å². The minimum atomic E-state index is 0.874. The second-order valence-corrected chi connectivity index (χ2v) is 5.11. The summed E-state index contributed by atoms with van der Waals surface area (Å²) in [5.74, 6) is 3.02. The summed E-state index contributed by atoms with van der Waals surface area (Å²) in [5.41, 5.74) is 1.17. The zero-order valence-corrected chi connectivity index (χ0v) is 12.5. The van der Waals surface area contributed by atoms with Gasteiger partial charge in [-0.25, -0.2) is 9.97 Å². The summed E-state index contributed by atoms with van der Waals surface area (Å²) in [6.07, 6.45) is 0.874. The Morgan fingerprint density at radius 3 is 2.37 bits per heavy atom. The normalized spacial score (nSPS) is 16.7. The molecule has 1 aromatic heterocycles. The van der Waals surface area contributed by atoms with Crippen LogP contribution in [0.5, 0.6) is 0 Å². The molecule has 0 aromatic carbocycles. The molecule has 1 aliphatic rings. The molecule has 0 spiro atoms. The summed E-state index contributed by atoms with van der Waals surface area (Å²) in [6, 6.07) is 0. The van der Waals surface area contributed by atoms with E-state index in [-0.39, 0.29) is 0 Å². The summed E-state index contributed by atoms with van der Waals surface area (Å²) < 4.78 is 0. The molecule has 1 fully saturated rings. The second-order valence-electron chi connectivity index (χ2n) is 5.11. The zero-order chi connectivity index (χ0) is 13.8. The minimum Gasteiger partial charge on any atom is -0.370 e. The lowest BCUT2D eigenvalue weighted by atomic mass is 10.2. The maximum absolute atomic E-state index is 4.74. The molecule has 0 amide bonds. The number of nitrogens with one attached hydrogen (secondary N) is 1. The Bertz CT molecular complexity index is 424. The Morgan fingerprint density at radius 1 is 1.11 bits per heavy atom. The van der Waals surface area contributed by atoms with Gasteiger partial charge in [0.25, 0.3) is 0 Å². The molecule has 5 nitrogen and oxygen atoms in total. The highest BCUT2D eigenvalue weighted by atomic mass is 15.3. The van der Waals surface area contributed by atoms with Gasteiger partial charge in [-0.2, -0.15) is 0 Å². The molecular formula is C14H25N5. The summed E-state index contributed by atoms with van der Waals surface area (Å²) in [7, 11) is 2.17. The molecule has 1 saturated heterocycles. The fraction of sp³-hybridized carbons (Fsp3) is 0.714. The first-order chi connectivity index (χ1) is 9.15. The standard InChI is InChI=1S/C14H25N5/c1-5-12-16-13(15-6-2)11(3)14(17-12)19-9-7-18(4)8-10-19/h5-10H2,1-4H3,(H,15,16,17). The van der Waals surface area contributed by atoms with E-state index in [9.17, 15) is 0 Å². The minimum absolute atomic E-state index is 0.874. The van der Waals surface area contributed by atoms with Crippen molar-refractivity contribution < 1.29 is 0 Å². The molecule has 5 heteroatoms. The van der Waals surface area contributed by atoms with Crippen LogP contribution in [0.15, 0.2) is 0 Å². The van der Waals surface area contributed by atoms with Crippen molar-refractivity contribution in [3.8, 4) is 0 Å². The number of likely N-dealkylation sites (N-methyl/N-ethyl adjacent to an activating group) is 1. The number of piperazine rings is 1. The lowest BCUT2D eigenvalue weighted by Crippen LogP contribution is -2.45. The predicted molar refractivity (Wildman–Crippen MR) is 80.0 cm³/mol. The van der Waals surface area contributed by atoms with Crippen LogP contribution in [0, 0.1) is 6.92 Å². The molecule has 19 heavy (non-hydrogen) atoms. The van der Waals surface area contributed by atoms with Crippen molar-refractivity contribution in [1.29, 1.82) is 0 Å². The summed E-state index contributed by atoms with van der Waals surface area (Å²) in [6.45, 7) is 11.5. The lowest BCUT2D eigenvalue weighted by Gasteiger charge is -2.34. The Labute approximate surface area is 116 Å². The SMILES string of the molecule is CCNc1nc(CC)nc(N2CCN(C)CC2)c1C. The number of aromatic nitrogens is 2. The maximum atomic E-state index is 4.74. The van der Waals surface area contributed by atoms with Gasteiger partial charge >= 0.3 is 0 Å². The number of rotatable bonds is 4. The summed E-state index contributed by atoms with van der Waals surface area (Å²) in [4.78, 5) is 14.1. The number of hydrogen-bond donors (Lipinski definition) is 1. The molecule has 0 radical (unpaired) electrons. The van der Waals surface area contributed by atoms with Gasteiger partial charge in [0.15, 0.2) is 0 Å². The fourth-order valence-electron chi connectivity index (χ4n) is 2.37. The van der Waals surface area contributed by atoms with Crippen LogP contribution in [0.4, 0.5) is 11.6 Å². The van der Waals surface area contributed by atoms with E-state index in [4.69, 9.17) is 4.98 Å². The van der Waals surface area contributed by atoms with Gasteiger partial charge in [0.2, 0.25) is 0 Å². The molecule has 1 aromatic rings. The molecule has 0 bridgehead atoms. The van der Waals surface area contributed by atoms with Crippen LogP contribution in [0.2, 0.25) is 0 Å². The molecule has 1 N–H and O–H groups in total. The van der Waals surface area contributed by atoms with E-state index in [0.29, 0.717) is 0 Å². The first-order valence-electron chi connectivity index (χ1n) is 7.20. The maximum Gasteiger partial charge on any atom is 0.137 e. The molecule has 106 valence electrons. The molecule has 1 aliphatic heterocycles. The predicted octanol–water partition coefficient (Wildman–Crippen LogP) is 1.53. The highest BCUT2D eigenvalue weighted by Crippen LogP contribution is 2.24. The van der Waals surface area contributed by atoms with Crippen molar-refractivity contribution in [2.75, 3.05) is 50.0 Å². The van der Waals surface area contributed by atoms with Crippen LogP contribution >= 0.6 is 0 Å². The molecule has 0 atom stereocenters. The molecule has 2 rings (SSSR count). The Kier molecular flexibility index (Phi) is 4.58. The van der Waals surface area contributed by atoms with Crippen LogP contribution in [0.1, 0.15) is 25.2 Å². The second kappa shape index (κ2) is 6.19. The van der Waals surface area contributed by atoms with E-state index >= 15 is 0 Å². The Balaban J connectivity index is 2.30. The molecular weight excluding hydrogens is 238 g/mol. The van der Waals surface area contributed by atoms with Crippen LogP contribution in [-0.4, -0.2) is 54.6 Å². The van der Waals surface area contributed by atoms with Crippen LogP contribution in [0.3, 0.4) is 0 Å². The van der Waals surface area contributed by atoms with Gasteiger partial charge in [0.1, 0.15) is 17.5 Å². The van der Waals surface area contributed by atoms with Crippen LogP contribution < -0.4 is 10.2 Å². The smallest absolute Gasteiger partial charge is 0.137 e. The number of hydrogen-bond acceptors (Lipinski definition) is 5. The van der Waals surface area contributed by atoms with Crippen molar-refractivity contribution in [1.82, 2.24) is 14.9 Å². The van der Waals surface area contributed by atoms with E-state index < -0.39 is 0 Å². The highest BCUT2D eigenvalue weighted by Gasteiger charge is 2.19. The lowest BCUT2D eigenvalue weighted by molar-refractivity contribution is 0.312. The topological polar surface area (TPSA) is 44.3 Å². The molecule has 0 unspecified atom stereocenters. The van der Waals surface area contributed by atoms with Gasteiger partial charge in [-0.15, -0.1) is 0 Å². The largest absolute Gasteiger partial charge is 0.370 e. The summed E-state index contributed by atoms with van der Waals surface area (Å²) >= 11 is 0. The van der Waals surface area contributed by atoms with Crippen molar-refractivity contribution in [3.05, 3.63) is 11.4 Å². The van der Waals surface area contributed by atoms with Gasteiger partial charge in [-0.3, -0.25) is 0 Å². The molecule has 2 heterocycles. The Hall–Kier alpha value is -1.36. The number of aryl methyl sites for hydroxylation is 1. The van der Waals surface area contributed by atoms with Gasteiger partial charge < -0.3 is 15.1 Å². The van der Waals surface area contributed by atoms with E-state index in [2.05, 4.69) is 47.9 Å². The first kappa shape index (κ1) is 14.1. The van der Waals surface area contributed by atoms with E-state index in [0.717, 1.165) is 56.6 Å². The first-order valence-corrected chi connectivity index (χ1v) is 7.20. The van der Waals surface area contributed by atoms with Crippen molar-refractivity contribution >= 4 is 11.6 Å². The van der Waals surface area contributed by atoms with Crippen molar-refractivity contribution in [2.45, 2.75) is 27.2 Å². The monoisotopic (exact) mass is 263 g/mol. The average Bonchev–Trinajstić information content (AvgIpc) is 2.42. The van der Waals surface area contributed by atoms with Gasteiger partial charge in [0, 0.05) is 44.7 Å². The van der Waals surface area contributed by atoms with Gasteiger partial charge in [-0.1, -0.05) is 6.92 Å². The summed E-state index contributed by atoms with van der Waals surface area (Å²) in [5, 5.41) is 3.35. The third-order valence-corrected chi connectivity index (χ3v) is 3.63. The Morgan fingerprint density at radius 2 is 1.79 bits per heavy atom. The molecule has 0 saturated carbocycles. The van der Waals surface area contributed by atoms with E-state index in [1.807, 2.05) is 0 Å². The fourth-order valence-corrected chi connectivity index (χ4v) is 2.37. The van der Waals surface area contributed by atoms with E-state index in [1.165, 1.54) is 5.56 Å². The average molecular weight is 263 g/mol. The van der Waals surface area contributed by atoms with Crippen LogP contribution in [0.25, 0.3) is 0 Å². The van der Waals surface area contributed by atoms with Crippen LogP contribution in [-0.2, 0) is 6.42 Å². The van der Waals surface area contributed by atoms with E-state index in [1.54, 1.807) is 0 Å². The quantitative estimate of drug-likeness (QED) is 0.892. The third-order valence-electron chi connectivity index (χ3n) is 3.63. The van der Waals surface area contributed by atoms with Crippen molar-refractivity contribution in [3.63, 3.8) is 0 Å². The third kappa shape index (κ3) is 3.15. The van der Waals surface area contributed by atoms with Gasteiger partial charge in [-0.05, 0) is 20.9 Å². The van der Waals surface area contributed by atoms with Gasteiger partial charge in [0.05, 0.1) is 0 Å². The highest BCUT2D eigenvalue weighted by molar-refractivity contribution is 5.58. The number of anilines is 2. The number of nitrogens with zero attached hydrogens (tertiary/aromatic N) is 4. The molecule has 0 aliphatic carbocycles.